The molecule has 0 spiro atoms. The smallest absolute Gasteiger partial charge is 0.242 e. The largest absolute Gasteiger partial charge is 0.338 e. The molecule has 0 saturated carbocycles. The number of rotatable bonds is 2. The SMILES string of the molecule is NC1CN(C(=O)CN2CCCC2=O)C1. The highest BCUT2D eigenvalue weighted by Gasteiger charge is 2.30. The van der Waals surface area contributed by atoms with Crippen LogP contribution in [0.2, 0.25) is 0 Å². The summed E-state index contributed by atoms with van der Waals surface area (Å²) in [6.45, 7) is 2.25. The predicted octanol–water partition coefficient (Wildman–Crippen LogP) is -1.22. The molecule has 2 amide bonds. The molecule has 2 heterocycles. The maximum atomic E-state index is 11.5. The summed E-state index contributed by atoms with van der Waals surface area (Å²) < 4.78 is 0. The topological polar surface area (TPSA) is 66.6 Å². The third kappa shape index (κ3) is 1.72. The molecular formula is C9H15N3O2. The molecule has 78 valence electrons. The summed E-state index contributed by atoms with van der Waals surface area (Å²) in [5.74, 6) is 0.130. The summed E-state index contributed by atoms with van der Waals surface area (Å²) in [5.41, 5.74) is 5.57. The molecule has 5 nitrogen and oxygen atoms in total. The highest BCUT2D eigenvalue weighted by atomic mass is 16.2. The zero-order chi connectivity index (χ0) is 10.1. The molecule has 5 heteroatoms. The van der Waals surface area contributed by atoms with Crippen molar-refractivity contribution in [3.63, 3.8) is 0 Å². The number of amides is 2. The van der Waals surface area contributed by atoms with E-state index in [4.69, 9.17) is 5.73 Å². The van der Waals surface area contributed by atoms with E-state index in [1.165, 1.54) is 0 Å². The molecule has 0 bridgehead atoms. The van der Waals surface area contributed by atoms with Crippen LogP contribution in [-0.4, -0.2) is 53.8 Å². The second kappa shape index (κ2) is 3.57. The average molecular weight is 197 g/mol. The summed E-state index contributed by atoms with van der Waals surface area (Å²) in [7, 11) is 0. The van der Waals surface area contributed by atoms with E-state index in [1.54, 1.807) is 9.80 Å². The predicted molar refractivity (Wildman–Crippen MR) is 50.4 cm³/mol. The number of hydrogen-bond acceptors (Lipinski definition) is 3. The monoisotopic (exact) mass is 197 g/mol. The molecule has 0 atom stereocenters. The Kier molecular flexibility index (Phi) is 2.41. The molecular weight excluding hydrogens is 182 g/mol. The Morgan fingerprint density at radius 1 is 1.50 bits per heavy atom. The van der Waals surface area contributed by atoms with Crippen molar-refractivity contribution in [1.82, 2.24) is 9.80 Å². The molecule has 0 aliphatic carbocycles. The van der Waals surface area contributed by atoms with E-state index >= 15 is 0 Å². The quantitative estimate of drug-likeness (QED) is 0.603. The second-order valence-corrected chi connectivity index (χ2v) is 3.98. The van der Waals surface area contributed by atoms with Gasteiger partial charge in [-0.1, -0.05) is 0 Å². The second-order valence-electron chi connectivity index (χ2n) is 3.98. The molecule has 0 aromatic heterocycles. The molecule has 2 N–H and O–H groups in total. The first kappa shape index (κ1) is 9.45. The van der Waals surface area contributed by atoms with E-state index in [2.05, 4.69) is 0 Å². The lowest BCUT2D eigenvalue weighted by atomic mass is 10.1. The van der Waals surface area contributed by atoms with Gasteiger partial charge in [-0.2, -0.15) is 0 Å². The van der Waals surface area contributed by atoms with Crippen LogP contribution in [0, 0.1) is 0 Å². The zero-order valence-corrected chi connectivity index (χ0v) is 8.11. The Bertz CT molecular complexity index is 261. The van der Waals surface area contributed by atoms with Crippen LogP contribution in [0.4, 0.5) is 0 Å². The number of nitrogens with two attached hydrogens (primary N) is 1. The minimum atomic E-state index is 0.0296. The van der Waals surface area contributed by atoms with Crippen molar-refractivity contribution in [2.24, 2.45) is 5.73 Å². The number of carbonyl (C=O) groups excluding carboxylic acids is 2. The van der Waals surface area contributed by atoms with Crippen LogP contribution >= 0.6 is 0 Å². The molecule has 0 aromatic carbocycles. The molecule has 2 fully saturated rings. The fraction of sp³-hybridized carbons (Fsp3) is 0.778. The minimum absolute atomic E-state index is 0.0296. The van der Waals surface area contributed by atoms with Gasteiger partial charge < -0.3 is 15.5 Å². The van der Waals surface area contributed by atoms with Crippen LogP contribution in [0.3, 0.4) is 0 Å². The lowest BCUT2D eigenvalue weighted by Crippen LogP contribution is -2.59. The van der Waals surface area contributed by atoms with Gasteiger partial charge in [-0.05, 0) is 6.42 Å². The van der Waals surface area contributed by atoms with Crippen LogP contribution in [0.15, 0.2) is 0 Å². The van der Waals surface area contributed by atoms with Crippen LogP contribution < -0.4 is 5.73 Å². The first-order chi connectivity index (χ1) is 6.66. The third-order valence-corrected chi connectivity index (χ3v) is 2.76. The first-order valence-corrected chi connectivity index (χ1v) is 4.98. The lowest BCUT2D eigenvalue weighted by molar-refractivity contribution is -0.141. The van der Waals surface area contributed by atoms with Crippen LogP contribution in [0.25, 0.3) is 0 Å². The number of carbonyl (C=O) groups is 2. The van der Waals surface area contributed by atoms with Gasteiger partial charge in [-0.25, -0.2) is 0 Å². The van der Waals surface area contributed by atoms with Crippen LogP contribution in [0.1, 0.15) is 12.8 Å². The van der Waals surface area contributed by atoms with E-state index in [1.807, 2.05) is 0 Å². The fourth-order valence-corrected chi connectivity index (χ4v) is 1.85. The fourth-order valence-electron chi connectivity index (χ4n) is 1.85. The summed E-state index contributed by atoms with van der Waals surface area (Å²) in [4.78, 5) is 26.1. The normalized spacial score (nSPS) is 22.8. The molecule has 2 aliphatic rings. The van der Waals surface area contributed by atoms with Crippen molar-refractivity contribution in [3.05, 3.63) is 0 Å². The van der Waals surface area contributed by atoms with E-state index in [0.29, 0.717) is 19.5 Å². The third-order valence-electron chi connectivity index (χ3n) is 2.76. The van der Waals surface area contributed by atoms with E-state index in [0.717, 1.165) is 13.0 Å². The zero-order valence-electron chi connectivity index (χ0n) is 8.11. The molecule has 0 aromatic rings. The van der Waals surface area contributed by atoms with Crippen molar-refractivity contribution in [2.45, 2.75) is 18.9 Å². The average Bonchev–Trinajstić information content (AvgIpc) is 2.46. The standard InChI is InChI=1S/C9H15N3O2/c10-7-4-12(5-7)9(14)6-11-3-1-2-8(11)13/h7H,1-6,10H2. The van der Waals surface area contributed by atoms with Gasteiger partial charge in [-0.3, -0.25) is 9.59 Å². The van der Waals surface area contributed by atoms with Crippen molar-refractivity contribution < 1.29 is 9.59 Å². The van der Waals surface area contributed by atoms with Gasteiger partial charge in [0.05, 0.1) is 6.54 Å². The molecule has 2 rings (SSSR count). The lowest BCUT2D eigenvalue weighted by Gasteiger charge is -2.37. The molecule has 0 radical (unpaired) electrons. The molecule has 14 heavy (non-hydrogen) atoms. The Morgan fingerprint density at radius 2 is 2.21 bits per heavy atom. The maximum absolute atomic E-state index is 11.5. The first-order valence-electron chi connectivity index (χ1n) is 4.98. The summed E-state index contributed by atoms with van der Waals surface area (Å²) in [5, 5.41) is 0. The van der Waals surface area contributed by atoms with E-state index in [9.17, 15) is 9.59 Å². The summed E-state index contributed by atoms with van der Waals surface area (Å²) >= 11 is 0. The summed E-state index contributed by atoms with van der Waals surface area (Å²) in [6.07, 6.45) is 1.47. The Hall–Kier alpha value is -1.10. The van der Waals surface area contributed by atoms with Gasteiger partial charge >= 0.3 is 0 Å². The Labute approximate surface area is 82.8 Å². The van der Waals surface area contributed by atoms with Crippen LogP contribution in [0.5, 0.6) is 0 Å². The van der Waals surface area contributed by atoms with Crippen molar-refractivity contribution in [3.8, 4) is 0 Å². The van der Waals surface area contributed by atoms with E-state index in [-0.39, 0.29) is 24.4 Å². The number of nitrogens with zero attached hydrogens (tertiary/aromatic N) is 2. The summed E-state index contributed by atoms with van der Waals surface area (Å²) in [6, 6.07) is 0.133. The molecule has 0 unspecified atom stereocenters. The van der Waals surface area contributed by atoms with Gasteiger partial charge in [0.25, 0.3) is 0 Å². The van der Waals surface area contributed by atoms with Gasteiger partial charge in [0.2, 0.25) is 11.8 Å². The van der Waals surface area contributed by atoms with Gasteiger partial charge in [0, 0.05) is 32.1 Å². The van der Waals surface area contributed by atoms with Crippen molar-refractivity contribution >= 4 is 11.8 Å². The number of hydrogen-bond donors (Lipinski definition) is 1. The highest BCUT2D eigenvalue weighted by Crippen LogP contribution is 2.11. The maximum Gasteiger partial charge on any atom is 0.242 e. The minimum Gasteiger partial charge on any atom is -0.338 e. The number of likely N-dealkylation sites (tertiary alicyclic amines) is 2. The highest BCUT2D eigenvalue weighted by molar-refractivity contribution is 5.86. The van der Waals surface area contributed by atoms with Gasteiger partial charge in [0.1, 0.15) is 0 Å². The van der Waals surface area contributed by atoms with Crippen molar-refractivity contribution in [1.29, 1.82) is 0 Å². The molecule has 2 aliphatic heterocycles. The molecule has 2 saturated heterocycles. The van der Waals surface area contributed by atoms with Gasteiger partial charge in [-0.15, -0.1) is 0 Å². The van der Waals surface area contributed by atoms with Crippen LogP contribution in [-0.2, 0) is 9.59 Å². The Morgan fingerprint density at radius 3 is 2.71 bits per heavy atom. The van der Waals surface area contributed by atoms with E-state index < -0.39 is 0 Å². The Balaban J connectivity index is 1.79. The van der Waals surface area contributed by atoms with Gasteiger partial charge in [0.15, 0.2) is 0 Å². The van der Waals surface area contributed by atoms with Crippen molar-refractivity contribution in [2.75, 3.05) is 26.2 Å².